The molecule has 4 rings (SSSR count). The number of hydrogen-bond acceptors (Lipinski definition) is 5. The number of ether oxygens (including phenoxy) is 2. The highest BCUT2D eigenvalue weighted by Gasteiger charge is 2.52. The number of amides is 4. The minimum atomic E-state index is -0.838. The molecule has 0 radical (unpaired) electrons. The number of nitrogens with one attached hydrogen (secondary N) is 2. The number of urea groups is 1. The van der Waals surface area contributed by atoms with Gasteiger partial charge >= 0.3 is 6.03 Å². The van der Waals surface area contributed by atoms with E-state index in [-0.39, 0.29) is 30.3 Å². The quantitative estimate of drug-likeness (QED) is 0.682. The Morgan fingerprint density at radius 3 is 2.56 bits per heavy atom. The molecule has 2 heterocycles. The van der Waals surface area contributed by atoms with Crippen LogP contribution >= 0.6 is 0 Å². The van der Waals surface area contributed by atoms with Gasteiger partial charge in [-0.15, -0.1) is 0 Å². The Labute approximate surface area is 189 Å². The van der Waals surface area contributed by atoms with Gasteiger partial charge in [0, 0.05) is 6.42 Å². The smallest absolute Gasteiger partial charge is 0.325 e. The number of fused-ring (bicyclic) bond motifs is 1. The zero-order valence-electron chi connectivity index (χ0n) is 19.1. The third-order valence-electron chi connectivity index (χ3n) is 6.79. The van der Waals surface area contributed by atoms with E-state index < -0.39 is 11.6 Å². The Morgan fingerprint density at radius 1 is 1.19 bits per heavy atom. The minimum absolute atomic E-state index is 0.0953. The second kappa shape index (κ2) is 9.00. The monoisotopic (exact) mass is 443 g/mol. The van der Waals surface area contributed by atoms with Crippen molar-refractivity contribution < 1.29 is 23.9 Å². The highest BCUT2D eigenvalue weighted by molar-refractivity contribution is 6.09. The maximum absolute atomic E-state index is 13.0. The zero-order valence-corrected chi connectivity index (χ0v) is 19.1. The molecule has 32 heavy (non-hydrogen) atoms. The normalized spacial score (nSPS) is 26.1. The van der Waals surface area contributed by atoms with Crippen LogP contribution in [0.4, 0.5) is 4.79 Å². The summed E-state index contributed by atoms with van der Waals surface area (Å²) in [6.45, 7) is 7.10. The molecule has 2 aliphatic heterocycles. The first-order valence-electron chi connectivity index (χ1n) is 11.6. The van der Waals surface area contributed by atoms with Crippen LogP contribution in [0, 0.1) is 11.8 Å². The summed E-state index contributed by atoms with van der Waals surface area (Å²) in [6, 6.07) is 4.92. The molecule has 2 N–H and O–H groups in total. The summed E-state index contributed by atoms with van der Waals surface area (Å²) in [5.41, 5.74) is 0.0582. The van der Waals surface area contributed by atoms with Crippen LogP contribution < -0.4 is 20.1 Å². The molecule has 1 atom stereocenters. The standard InChI is InChI=1S/C24H33N3O5/c1-15(2)21(17-5-6-18-19(13-17)32-12-4-11-31-18)25-20(28)14-27-22(29)24(26-23(27)30)9-7-16(3)8-10-24/h5-6,13,15-16,21H,4,7-12,14H2,1-3H3,(H,25,28)(H,26,30). The van der Waals surface area contributed by atoms with Gasteiger partial charge in [0.15, 0.2) is 11.5 Å². The maximum Gasteiger partial charge on any atom is 0.325 e. The predicted molar refractivity (Wildman–Crippen MR) is 118 cm³/mol. The molecule has 8 nitrogen and oxygen atoms in total. The van der Waals surface area contributed by atoms with Gasteiger partial charge in [-0.1, -0.05) is 26.8 Å². The fourth-order valence-corrected chi connectivity index (χ4v) is 4.78. The maximum atomic E-state index is 13.0. The lowest BCUT2D eigenvalue weighted by atomic mass is 9.77. The largest absolute Gasteiger partial charge is 0.490 e. The second-order valence-corrected chi connectivity index (χ2v) is 9.63. The molecule has 2 fully saturated rings. The molecule has 1 aromatic carbocycles. The minimum Gasteiger partial charge on any atom is -0.490 e. The third kappa shape index (κ3) is 4.40. The molecule has 3 aliphatic rings. The number of hydrogen-bond donors (Lipinski definition) is 2. The summed E-state index contributed by atoms with van der Waals surface area (Å²) in [7, 11) is 0. The molecule has 1 saturated carbocycles. The highest BCUT2D eigenvalue weighted by Crippen LogP contribution is 2.37. The van der Waals surface area contributed by atoms with Crippen LogP contribution in [-0.4, -0.2) is 48.0 Å². The number of imide groups is 1. The number of carbonyl (C=O) groups excluding carboxylic acids is 3. The average molecular weight is 444 g/mol. The summed E-state index contributed by atoms with van der Waals surface area (Å²) < 4.78 is 11.5. The van der Waals surface area contributed by atoms with E-state index in [0.717, 1.165) is 29.7 Å². The van der Waals surface area contributed by atoms with Crippen molar-refractivity contribution in [3.05, 3.63) is 23.8 Å². The van der Waals surface area contributed by atoms with Crippen molar-refractivity contribution in [1.29, 1.82) is 0 Å². The molecule has 1 unspecified atom stereocenters. The average Bonchev–Trinajstić information content (AvgIpc) is 2.92. The van der Waals surface area contributed by atoms with Crippen molar-refractivity contribution in [1.82, 2.24) is 15.5 Å². The SMILES string of the molecule is CC1CCC2(CC1)NC(=O)N(CC(=O)NC(c1ccc3c(c1)OCCCO3)C(C)C)C2=O. The molecule has 1 saturated heterocycles. The number of nitrogens with zero attached hydrogens (tertiary/aromatic N) is 1. The van der Waals surface area contributed by atoms with E-state index >= 15 is 0 Å². The van der Waals surface area contributed by atoms with Gasteiger partial charge in [-0.3, -0.25) is 14.5 Å². The van der Waals surface area contributed by atoms with Gasteiger partial charge in [0.2, 0.25) is 5.91 Å². The second-order valence-electron chi connectivity index (χ2n) is 9.63. The van der Waals surface area contributed by atoms with Crippen LogP contribution in [-0.2, 0) is 9.59 Å². The van der Waals surface area contributed by atoms with Gasteiger partial charge in [0.1, 0.15) is 12.1 Å². The molecule has 174 valence electrons. The van der Waals surface area contributed by atoms with Crippen LogP contribution in [0.2, 0.25) is 0 Å². The number of carbonyl (C=O) groups is 3. The molecule has 1 aromatic rings. The Hall–Kier alpha value is -2.77. The Balaban J connectivity index is 1.44. The predicted octanol–water partition coefficient (Wildman–Crippen LogP) is 3.16. The van der Waals surface area contributed by atoms with Crippen molar-refractivity contribution in [3.8, 4) is 11.5 Å². The van der Waals surface area contributed by atoms with E-state index in [1.165, 1.54) is 0 Å². The summed E-state index contributed by atoms with van der Waals surface area (Å²) in [5.74, 6) is 1.37. The fraction of sp³-hybridized carbons (Fsp3) is 0.625. The van der Waals surface area contributed by atoms with Crippen molar-refractivity contribution in [2.24, 2.45) is 11.8 Å². The van der Waals surface area contributed by atoms with Gasteiger partial charge < -0.3 is 20.1 Å². The first kappa shape index (κ1) is 22.4. The number of rotatable bonds is 5. The van der Waals surface area contributed by atoms with E-state index in [1.54, 1.807) is 0 Å². The molecule has 0 aromatic heterocycles. The molecule has 4 amide bonds. The van der Waals surface area contributed by atoms with Crippen LogP contribution in [0.15, 0.2) is 18.2 Å². The summed E-state index contributed by atoms with van der Waals surface area (Å²) in [4.78, 5) is 39.6. The lowest BCUT2D eigenvalue weighted by Crippen LogP contribution is -2.50. The fourth-order valence-electron chi connectivity index (χ4n) is 4.78. The molecule has 0 bridgehead atoms. The highest BCUT2D eigenvalue weighted by atomic mass is 16.5. The first-order chi connectivity index (χ1) is 15.3. The Kier molecular flexibility index (Phi) is 6.31. The lowest BCUT2D eigenvalue weighted by Gasteiger charge is -2.33. The summed E-state index contributed by atoms with van der Waals surface area (Å²) in [5, 5.41) is 5.88. The van der Waals surface area contributed by atoms with E-state index in [9.17, 15) is 14.4 Å². The van der Waals surface area contributed by atoms with Gasteiger partial charge in [-0.25, -0.2) is 4.79 Å². The molecule has 1 spiro atoms. The molecular formula is C24H33N3O5. The summed E-state index contributed by atoms with van der Waals surface area (Å²) in [6.07, 6.45) is 3.86. The van der Waals surface area contributed by atoms with Crippen LogP contribution in [0.25, 0.3) is 0 Å². The van der Waals surface area contributed by atoms with Gasteiger partial charge in [-0.2, -0.15) is 0 Å². The Bertz CT molecular complexity index is 892. The van der Waals surface area contributed by atoms with Crippen LogP contribution in [0.1, 0.15) is 64.5 Å². The molecule has 8 heteroatoms. The van der Waals surface area contributed by atoms with E-state index in [1.807, 2.05) is 32.0 Å². The van der Waals surface area contributed by atoms with Gasteiger partial charge in [0.25, 0.3) is 5.91 Å². The van der Waals surface area contributed by atoms with Crippen molar-refractivity contribution in [2.45, 2.75) is 64.5 Å². The van der Waals surface area contributed by atoms with Crippen molar-refractivity contribution in [2.75, 3.05) is 19.8 Å². The van der Waals surface area contributed by atoms with Crippen LogP contribution in [0.3, 0.4) is 0 Å². The topological polar surface area (TPSA) is 97.0 Å². The van der Waals surface area contributed by atoms with E-state index in [4.69, 9.17) is 9.47 Å². The third-order valence-corrected chi connectivity index (χ3v) is 6.79. The lowest BCUT2D eigenvalue weighted by molar-refractivity contribution is -0.136. The van der Waals surface area contributed by atoms with Crippen molar-refractivity contribution >= 4 is 17.8 Å². The zero-order chi connectivity index (χ0) is 22.9. The first-order valence-corrected chi connectivity index (χ1v) is 11.6. The van der Waals surface area contributed by atoms with Gasteiger partial charge in [-0.05, 0) is 55.2 Å². The van der Waals surface area contributed by atoms with Crippen molar-refractivity contribution in [3.63, 3.8) is 0 Å². The molecule has 1 aliphatic carbocycles. The number of benzene rings is 1. The van der Waals surface area contributed by atoms with Crippen LogP contribution in [0.5, 0.6) is 11.5 Å². The summed E-state index contributed by atoms with van der Waals surface area (Å²) >= 11 is 0. The van der Waals surface area contributed by atoms with E-state index in [0.29, 0.717) is 43.5 Å². The van der Waals surface area contributed by atoms with E-state index in [2.05, 4.69) is 17.6 Å². The van der Waals surface area contributed by atoms with Gasteiger partial charge in [0.05, 0.1) is 19.3 Å². The molecular weight excluding hydrogens is 410 g/mol. The Morgan fingerprint density at radius 2 is 1.88 bits per heavy atom.